The molecule has 3 heteroatoms. The summed E-state index contributed by atoms with van der Waals surface area (Å²) in [5, 5.41) is 10.7. The van der Waals surface area contributed by atoms with Gasteiger partial charge in [-0.25, -0.2) is 4.79 Å². The molecule has 0 fully saturated rings. The summed E-state index contributed by atoms with van der Waals surface area (Å²) < 4.78 is 5.05. The van der Waals surface area contributed by atoms with Crippen molar-refractivity contribution in [3.05, 3.63) is 0 Å². The molecule has 0 aliphatic carbocycles. The van der Waals surface area contributed by atoms with Gasteiger partial charge in [0.25, 0.3) is 0 Å². The molecule has 0 amide bonds. The summed E-state index contributed by atoms with van der Waals surface area (Å²) in [5.74, 6) is 0.433. The third-order valence-corrected chi connectivity index (χ3v) is 3.36. The highest BCUT2D eigenvalue weighted by atomic mass is 16.5. The van der Waals surface area contributed by atoms with E-state index < -0.39 is 11.6 Å². The average molecular weight is 258 g/mol. The molecule has 0 saturated heterocycles. The zero-order valence-corrected chi connectivity index (χ0v) is 12.8. The quantitative estimate of drug-likeness (QED) is 0.679. The van der Waals surface area contributed by atoms with E-state index in [1.807, 2.05) is 6.92 Å². The van der Waals surface area contributed by atoms with E-state index in [-0.39, 0.29) is 5.92 Å². The van der Waals surface area contributed by atoms with Gasteiger partial charge in [-0.2, -0.15) is 0 Å². The molecule has 0 aliphatic heterocycles. The molecule has 0 bridgehead atoms. The average Bonchev–Trinajstić information content (AvgIpc) is 2.26. The Morgan fingerprint density at radius 2 is 1.56 bits per heavy atom. The number of hydrogen-bond acceptors (Lipinski definition) is 3. The first-order valence-corrected chi connectivity index (χ1v) is 7.17. The normalized spacial score (nSPS) is 15.2. The minimum Gasteiger partial charge on any atom is -0.464 e. The van der Waals surface area contributed by atoms with Crippen molar-refractivity contribution in [2.24, 2.45) is 17.8 Å². The maximum absolute atomic E-state index is 12.0. The zero-order chi connectivity index (χ0) is 14.3. The first kappa shape index (κ1) is 17.4. The van der Waals surface area contributed by atoms with Crippen molar-refractivity contribution in [2.75, 3.05) is 6.61 Å². The van der Waals surface area contributed by atoms with E-state index in [1.165, 1.54) is 0 Å². The number of ether oxygens (including phenoxy) is 1. The molecule has 0 rings (SSSR count). The van der Waals surface area contributed by atoms with Crippen LogP contribution in [0, 0.1) is 17.8 Å². The number of carbonyl (C=O) groups is 1. The van der Waals surface area contributed by atoms with Gasteiger partial charge in [0.1, 0.15) is 0 Å². The van der Waals surface area contributed by atoms with Crippen LogP contribution in [-0.4, -0.2) is 23.3 Å². The number of carbonyl (C=O) groups excluding carboxylic acids is 1. The largest absolute Gasteiger partial charge is 0.464 e. The summed E-state index contributed by atoms with van der Waals surface area (Å²) in [6, 6.07) is 0. The first-order valence-electron chi connectivity index (χ1n) is 7.17. The summed E-state index contributed by atoms with van der Waals surface area (Å²) in [6.45, 7) is 12.4. The molecule has 0 spiro atoms. The molecule has 0 radical (unpaired) electrons. The molecule has 1 N–H and O–H groups in total. The van der Waals surface area contributed by atoms with Crippen LogP contribution in [0.15, 0.2) is 0 Å². The fraction of sp³-hybridized carbons (Fsp3) is 0.933. The highest BCUT2D eigenvalue weighted by Gasteiger charge is 2.43. The van der Waals surface area contributed by atoms with Crippen LogP contribution in [0.1, 0.15) is 60.8 Å². The fourth-order valence-electron chi connectivity index (χ4n) is 2.48. The molecule has 108 valence electrons. The molecule has 0 aliphatic rings. The van der Waals surface area contributed by atoms with E-state index in [2.05, 4.69) is 27.7 Å². The summed E-state index contributed by atoms with van der Waals surface area (Å²) in [5.41, 5.74) is -1.33. The predicted octanol–water partition coefficient (Wildman–Crippen LogP) is 3.40. The molecule has 0 aromatic rings. The Morgan fingerprint density at radius 1 is 1.11 bits per heavy atom. The third-order valence-electron chi connectivity index (χ3n) is 3.36. The summed E-state index contributed by atoms with van der Waals surface area (Å²) >= 11 is 0. The molecular formula is C15H30O3. The molecule has 3 nitrogen and oxygen atoms in total. The van der Waals surface area contributed by atoms with Gasteiger partial charge in [0.15, 0.2) is 5.60 Å². The van der Waals surface area contributed by atoms with Gasteiger partial charge in [0.05, 0.1) is 6.61 Å². The number of esters is 1. The lowest BCUT2D eigenvalue weighted by molar-refractivity contribution is -0.173. The van der Waals surface area contributed by atoms with Crippen LogP contribution in [-0.2, 0) is 9.53 Å². The molecular weight excluding hydrogens is 228 g/mol. The van der Waals surface area contributed by atoms with Crippen molar-refractivity contribution in [3.63, 3.8) is 0 Å². The Kier molecular flexibility index (Phi) is 7.53. The van der Waals surface area contributed by atoms with Gasteiger partial charge in [-0.15, -0.1) is 0 Å². The van der Waals surface area contributed by atoms with E-state index in [1.54, 1.807) is 6.92 Å². The van der Waals surface area contributed by atoms with Gasteiger partial charge in [-0.05, 0) is 43.9 Å². The fourth-order valence-corrected chi connectivity index (χ4v) is 2.48. The highest BCUT2D eigenvalue weighted by Crippen LogP contribution is 2.33. The topological polar surface area (TPSA) is 46.5 Å². The van der Waals surface area contributed by atoms with Gasteiger partial charge >= 0.3 is 5.97 Å². The van der Waals surface area contributed by atoms with Crippen molar-refractivity contribution in [3.8, 4) is 0 Å². The van der Waals surface area contributed by atoms with E-state index in [0.717, 1.165) is 12.8 Å². The number of rotatable bonds is 8. The van der Waals surface area contributed by atoms with Crippen molar-refractivity contribution in [1.29, 1.82) is 0 Å². The van der Waals surface area contributed by atoms with Gasteiger partial charge in [-0.1, -0.05) is 34.6 Å². The third kappa shape index (κ3) is 4.97. The summed E-state index contributed by atoms with van der Waals surface area (Å²) in [4.78, 5) is 12.0. The molecule has 0 heterocycles. The highest BCUT2D eigenvalue weighted by molar-refractivity contribution is 5.79. The Morgan fingerprint density at radius 3 is 1.83 bits per heavy atom. The number of aliphatic hydroxyl groups is 1. The molecule has 0 saturated carbocycles. The van der Waals surface area contributed by atoms with Crippen molar-refractivity contribution >= 4 is 5.97 Å². The second-order valence-electron chi connectivity index (χ2n) is 5.95. The van der Waals surface area contributed by atoms with E-state index in [0.29, 0.717) is 24.9 Å². The Bertz CT molecular complexity index is 238. The second-order valence-corrected chi connectivity index (χ2v) is 5.95. The van der Waals surface area contributed by atoms with Crippen molar-refractivity contribution < 1.29 is 14.6 Å². The Balaban J connectivity index is 5.03. The van der Waals surface area contributed by atoms with Crippen molar-refractivity contribution in [1.82, 2.24) is 0 Å². The summed E-state index contributed by atoms with van der Waals surface area (Å²) in [7, 11) is 0. The van der Waals surface area contributed by atoms with Crippen LogP contribution in [0.3, 0.4) is 0 Å². The van der Waals surface area contributed by atoms with Gasteiger partial charge in [-0.3, -0.25) is 0 Å². The van der Waals surface area contributed by atoms with Crippen LogP contribution >= 0.6 is 0 Å². The molecule has 0 aromatic heterocycles. The predicted molar refractivity (Wildman–Crippen MR) is 74.3 cm³/mol. The zero-order valence-electron chi connectivity index (χ0n) is 12.8. The SMILES string of the molecule is CCOC(=O)C(O)(CC)C(CC(C)C)CC(C)C. The van der Waals surface area contributed by atoms with E-state index >= 15 is 0 Å². The van der Waals surface area contributed by atoms with Crippen LogP contribution in [0.4, 0.5) is 0 Å². The van der Waals surface area contributed by atoms with Gasteiger partial charge in [0.2, 0.25) is 0 Å². The number of hydrogen-bond donors (Lipinski definition) is 1. The Labute approximate surface area is 112 Å². The van der Waals surface area contributed by atoms with E-state index in [9.17, 15) is 9.90 Å². The molecule has 18 heavy (non-hydrogen) atoms. The van der Waals surface area contributed by atoms with Gasteiger partial charge < -0.3 is 9.84 Å². The molecule has 1 atom stereocenters. The molecule has 0 aromatic carbocycles. The van der Waals surface area contributed by atoms with Crippen LogP contribution in [0.25, 0.3) is 0 Å². The summed E-state index contributed by atoms with van der Waals surface area (Å²) in [6.07, 6.45) is 2.11. The molecule has 1 unspecified atom stereocenters. The standard InChI is InChI=1S/C15H30O3/c1-7-15(17,14(16)18-8-2)13(9-11(3)4)10-12(5)6/h11-13,17H,7-10H2,1-6H3. The minimum atomic E-state index is -1.33. The monoisotopic (exact) mass is 258 g/mol. The van der Waals surface area contributed by atoms with Crippen LogP contribution in [0.2, 0.25) is 0 Å². The smallest absolute Gasteiger partial charge is 0.338 e. The van der Waals surface area contributed by atoms with Gasteiger partial charge in [0, 0.05) is 0 Å². The minimum absolute atomic E-state index is 0.0263. The van der Waals surface area contributed by atoms with Crippen LogP contribution in [0.5, 0.6) is 0 Å². The van der Waals surface area contributed by atoms with E-state index in [4.69, 9.17) is 4.74 Å². The van der Waals surface area contributed by atoms with Crippen LogP contribution < -0.4 is 0 Å². The first-order chi connectivity index (χ1) is 8.27. The lowest BCUT2D eigenvalue weighted by atomic mass is 9.75. The maximum atomic E-state index is 12.0. The Hall–Kier alpha value is -0.570. The lowest BCUT2D eigenvalue weighted by Gasteiger charge is -2.35. The second kappa shape index (κ2) is 7.78. The van der Waals surface area contributed by atoms with Crippen molar-refractivity contribution in [2.45, 2.75) is 66.4 Å². The lowest BCUT2D eigenvalue weighted by Crippen LogP contribution is -2.47. The maximum Gasteiger partial charge on any atom is 0.338 e.